The third-order valence-electron chi connectivity index (χ3n) is 8.57. The molecule has 2 aliphatic heterocycles. The fraction of sp³-hybridized carbons (Fsp3) is 0.885. The van der Waals surface area contributed by atoms with Crippen LogP contribution in [-0.4, -0.2) is 60.0 Å². The van der Waals surface area contributed by atoms with E-state index < -0.39 is 0 Å². The summed E-state index contributed by atoms with van der Waals surface area (Å²) in [6, 6.07) is 0.893. The van der Waals surface area contributed by atoms with Gasteiger partial charge in [-0.25, -0.2) is 0 Å². The number of hydrogen-bond donors (Lipinski definition) is 4. The SMILES string of the molecule is O=C(NCCC1CCCCC1)C1CCCC(NC2NCCC(N=C3CCC4N=CSC4C3)N2)C1. The Kier molecular flexibility index (Phi) is 8.96. The molecule has 5 aliphatic rings. The van der Waals surface area contributed by atoms with Crippen LogP contribution >= 0.6 is 11.8 Å². The minimum atomic E-state index is 0.0711. The summed E-state index contributed by atoms with van der Waals surface area (Å²) in [5.41, 5.74) is 3.40. The Hall–Kier alpha value is -0.960. The molecule has 6 unspecified atom stereocenters. The zero-order chi connectivity index (χ0) is 23.2. The molecule has 5 rings (SSSR count). The third kappa shape index (κ3) is 6.83. The lowest BCUT2D eigenvalue weighted by Gasteiger charge is -2.37. The average molecular weight is 489 g/mol. The number of nitrogens with one attached hydrogen (secondary N) is 4. The summed E-state index contributed by atoms with van der Waals surface area (Å²) in [5, 5.41) is 14.9. The van der Waals surface area contributed by atoms with Gasteiger partial charge >= 0.3 is 0 Å². The van der Waals surface area contributed by atoms with Crippen molar-refractivity contribution in [2.24, 2.45) is 21.8 Å². The number of amides is 1. The minimum Gasteiger partial charge on any atom is -0.356 e. The molecule has 7 nitrogen and oxygen atoms in total. The molecule has 0 aromatic carbocycles. The van der Waals surface area contributed by atoms with Crippen LogP contribution in [-0.2, 0) is 4.79 Å². The van der Waals surface area contributed by atoms with E-state index in [4.69, 9.17) is 4.99 Å². The maximum atomic E-state index is 12.8. The molecule has 4 fully saturated rings. The first-order chi connectivity index (χ1) is 16.7. The first-order valence-electron chi connectivity index (χ1n) is 14.0. The Morgan fingerprint density at radius 3 is 2.94 bits per heavy atom. The Morgan fingerprint density at radius 2 is 2.03 bits per heavy atom. The van der Waals surface area contributed by atoms with Gasteiger partial charge in [-0.3, -0.25) is 30.7 Å². The van der Waals surface area contributed by atoms with Crippen molar-refractivity contribution in [1.29, 1.82) is 0 Å². The molecule has 0 radical (unpaired) electrons. The predicted octanol–water partition coefficient (Wildman–Crippen LogP) is 3.55. The molecule has 0 spiro atoms. The summed E-state index contributed by atoms with van der Waals surface area (Å²) >= 11 is 1.88. The summed E-state index contributed by atoms with van der Waals surface area (Å²) in [6.45, 7) is 1.83. The number of carbonyl (C=O) groups is 1. The minimum absolute atomic E-state index is 0.0711. The standard InChI is InChI=1S/C26H44N6OS/c33-25(27-13-11-18-5-2-1-3-6-18)19-7-4-8-20(15-19)31-26-28-14-12-24(32-26)30-21-9-10-22-23(16-21)34-17-29-22/h17-20,22-24,26,28,31-32H,1-16H2,(H,27,33). The molecule has 1 saturated heterocycles. The highest BCUT2D eigenvalue weighted by Gasteiger charge is 2.33. The zero-order valence-corrected chi connectivity index (χ0v) is 21.5. The first kappa shape index (κ1) is 24.7. The number of thioether (sulfide) groups is 1. The molecule has 0 aromatic heterocycles. The summed E-state index contributed by atoms with van der Waals surface area (Å²) in [5.74, 6) is 1.26. The first-order valence-corrected chi connectivity index (χ1v) is 14.9. The van der Waals surface area contributed by atoms with E-state index in [0.29, 0.717) is 17.3 Å². The van der Waals surface area contributed by atoms with Gasteiger partial charge in [-0.05, 0) is 57.3 Å². The third-order valence-corrected chi connectivity index (χ3v) is 9.64. The second kappa shape index (κ2) is 12.3. The Labute approximate surface area is 209 Å². The second-order valence-electron chi connectivity index (χ2n) is 11.1. The van der Waals surface area contributed by atoms with Gasteiger partial charge in [0.1, 0.15) is 12.5 Å². The maximum absolute atomic E-state index is 12.8. The molecule has 4 N–H and O–H groups in total. The second-order valence-corrected chi connectivity index (χ2v) is 12.2. The molecular weight excluding hydrogens is 444 g/mol. The van der Waals surface area contributed by atoms with Gasteiger partial charge in [0.15, 0.2) is 0 Å². The van der Waals surface area contributed by atoms with E-state index in [2.05, 4.69) is 26.3 Å². The van der Waals surface area contributed by atoms with Crippen LogP contribution in [0.25, 0.3) is 0 Å². The van der Waals surface area contributed by atoms with Crippen LogP contribution in [0.15, 0.2) is 9.98 Å². The number of fused-ring (bicyclic) bond motifs is 1. The van der Waals surface area contributed by atoms with Crippen LogP contribution in [0.3, 0.4) is 0 Å². The zero-order valence-electron chi connectivity index (χ0n) is 20.6. The van der Waals surface area contributed by atoms with Crippen molar-refractivity contribution in [3.05, 3.63) is 0 Å². The lowest BCUT2D eigenvalue weighted by Crippen LogP contribution is -2.63. The van der Waals surface area contributed by atoms with Crippen LogP contribution in [0.4, 0.5) is 0 Å². The number of carbonyl (C=O) groups excluding carboxylic acids is 1. The quantitative estimate of drug-likeness (QED) is 0.440. The predicted molar refractivity (Wildman–Crippen MR) is 141 cm³/mol. The molecule has 3 saturated carbocycles. The number of aliphatic imine (C=N–C) groups is 2. The van der Waals surface area contributed by atoms with E-state index >= 15 is 0 Å². The molecule has 8 heteroatoms. The summed E-state index contributed by atoms with van der Waals surface area (Å²) in [6.07, 6.45) is 16.8. The number of rotatable bonds is 7. The number of hydrogen-bond acceptors (Lipinski definition) is 7. The summed E-state index contributed by atoms with van der Waals surface area (Å²) < 4.78 is 0. The molecule has 0 aromatic rings. The van der Waals surface area contributed by atoms with Crippen molar-refractivity contribution in [2.45, 2.75) is 120 Å². The van der Waals surface area contributed by atoms with E-state index in [9.17, 15) is 4.79 Å². The molecule has 1 amide bonds. The molecule has 0 bridgehead atoms. The van der Waals surface area contributed by atoms with Crippen molar-refractivity contribution in [2.75, 3.05) is 13.1 Å². The summed E-state index contributed by atoms with van der Waals surface area (Å²) in [4.78, 5) is 22.5. The topological polar surface area (TPSA) is 89.9 Å². The lowest BCUT2D eigenvalue weighted by molar-refractivity contribution is -0.126. The van der Waals surface area contributed by atoms with Gasteiger partial charge < -0.3 is 5.32 Å². The van der Waals surface area contributed by atoms with Crippen LogP contribution in [0.1, 0.15) is 89.9 Å². The highest BCUT2D eigenvalue weighted by molar-refractivity contribution is 8.13. The van der Waals surface area contributed by atoms with Gasteiger partial charge in [0.05, 0.1) is 11.6 Å². The van der Waals surface area contributed by atoms with Crippen LogP contribution in [0.5, 0.6) is 0 Å². The average Bonchev–Trinajstić information content (AvgIpc) is 3.33. The normalized spacial score (nSPS) is 38.1. The van der Waals surface area contributed by atoms with E-state index in [1.54, 1.807) is 0 Å². The smallest absolute Gasteiger partial charge is 0.223 e. The molecular formula is C26H44N6OS. The highest BCUT2D eigenvalue weighted by atomic mass is 32.2. The fourth-order valence-electron chi connectivity index (χ4n) is 6.55. The fourth-order valence-corrected chi connectivity index (χ4v) is 7.61. The van der Waals surface area contributed by atoms with Gasteiger partial charge in [0, 0.05) is 36.0 Å². The Bertz CT molecular complexity index is 739. The van der Waals surface area contributed by atoms with Crippen molar-refractivity contribution in [1.82, 2.24) is 21.3 Å². The van der Waals surface area contributed by atoms with Gasteiger partial charge in [-0.15, -0.1) is 11.8 Å². The van der Waals surface area contributed by atoms with E-state index in [1.165, 1.54) is 37.8 Å². The van der Waals surface area contributed by atoms with Gasteiger partial charge in [-0.1, -0.05) is 38.5 Å². The molecule has 190 valence electrons. The Balaban J connectivity index is 1.04. The van der Waals surface area contributed by atoms with Crippen LogP contribution < -0.4 is 21.3 Å². The van der Waals surface area contributed by atoms with Crippen LogP contribution in [0, 0.1) is 11.8 Å². The molecule has 3 aliphatic carbocycles. The Morgan fingerprint density at radius 1 is 1.12 bits per heavy atom. The molecule has 2 heterocycles. The van der Waals surface area contributed by atoms with Gasteiger partial charge in [0.25, 0.3) is 0 Å². The van der Waals surface area contributed by atoms with Crippen molar-refractivity contribution in [3.8, 4) is 0 Å². The van der Waals surface area contributed by atoms with Crippen LogP contribution in [0.2, 0.25) is 0 Å². The molecule has 34 heavy (non-hydrogen) atoms. The van der Waals surface area contributed by atoms with Crippen molar-refractivity contribution < 1.29 is 4.79 Å². The van der Waals surface area contributed by atoms with E-state index in [-0.39, 0.29) is 24.3 Å². The van der Waals surface area contributed by atoms with E-state index in [0.717, 1.165) is 76.8 Å². The highest BCUT2D eigenvalue weighted by Crippen LogP contribution is 2.33. The van der Waals surface area contributed by atoms with Gasteiger partial charge in [0.2, 0.25) is 5.91 Å². The monoisotopic (exact) mass is 488 g/mol. The van der Waals surface area contributed by atoms with Gasteiger partial charge in [-0.2, -0.15) is 0 Å². The summed E-state index contributed by atoms with van der Waals surface area (Å²) in [7, 11) is 0. The van der Waals surface area contributed by atoms with Crippen molar-refractivity contribution in [3.63, 3.8) is 0 Å². The maximum Gasteiger partial charge on any atom is 0.223 e. The van der Waals surface area contributed by atoms with E-state index in [1.807, 2.05) is 17.3 Å². The van der Waals surface area contributed by atoms with Crippen molar-refractivity contribution >= 4 is 28.9 Å². The number of nitrogens with zero attached hydrogens (tertiary/aromatic N) is 2. The molecule has 6 atom stereocenters. The lowest BCUT2D eigenvalue weighted by atomic mass is 9.84. The largest absolute Gasteiger partial charge is 0.356 e.